The third-order valence-electron chi connectivity index (χ3n) is 5.94. The molecule has 0 saturated carbocycles. The zero-order valence-corrected chi connectivity index (χ0v) is 19.3. The highest BCUT2D eigenvalue weighted by molar-refractivity contribution is 9.10. The van der Waals surface area contributed by atoms with Crippen molar-refractivity contribution in [2.75, 3.05) is 20.2 Å². The number of methoxy groups -OCH3 is 1. The molecule has 1 aliphatic rings. The molecule has 31 heavy (non-hydrogen) atoms. The summed E-state index contributed by atoms with van der Waals surface area (Å²) in [4.78, 5) is 2.39. The minimum atomic E-state index is -0.749. The van der Waals surface area contributed by atoms with Crippen molar-refractivity contribution in [2.45, 2.75) is 31.6 Å². The fourth-order valence-electron chi connectivity index (χ4n) is 4.06. The first-order valence-electron chi connectivity index (χ1n) is 10.6. The van der Waals surface area contributed by atoms with Gasteiger partial charge in [0.05, 0.1) is 12.7 Å². The van der Waals surface area contributed by atoms with E-state index >= 15 is 0 Å². The van der Waals surface area contributed by atoms with Crippen LogP contribution in [0.4, 0.5) is 0 Å². The van der Waals surface area contributed by atoms with Gasteiger partial charge in [-0.25, -0.2) is 0 Å². The molecule has 0 unspecified atom stereocenters. The van der Waals surface area contributed by atoms with Crippen molar-refractivity contribution >= 4 is 15.9 Å². The van der Waals surface area contributed by atoms with E-state index in [0.29, 0.717) is 6.61 Å². The monoisotopic (exact) mass is 481 g/mol. The smallest absolute Gasteiger partial charge is 0.161 e. The number of halogens is 1. The zero-order valence-electron chi connectivity index (χ0n) is 17.8. The summed E-state index contributed by atoms with van der Waals surface area (Å²) in [5, 5.41) is 11.1. The molecule has 1 heterocycles. The maximum absolute atomic E-state index is 11.1. The van der Waals surface area contributed by atoms with Crippen LogP contribution in [0, 0.1) is 0 Å². The van der Waals surface area contributed by atoms with Crippen molar-refractivity contribution in [3.63, 3.8) is 0 Å². The van der Waals surface area contributed by atoms with Crippen LogP contribution in [0.2, 0.25) is 0 Å². The van der Waals surface area contributed by atoms with Crippen LogP contribution >= 0.6 is 15.9 Å². The van der Waals surface area contributed by atoms with Crippen molar-refractivity contribution < 1.29 is 14.6 Å². The molecule has 0 aromatic heterocycles. The van der Waals surface area contributed by atoms with E-state index in [-0.39, 0.29) is 0 Å². The Kier molecular flexibility index (Phi) is 6.96. The van der Waals surface area contributed by atoms with E-state index in [1.54, 1.807) is 7.11 Å². The molecule has 3 aromatic rings. The number of hydrogen-bond donors (Lipinski definition) is 1. The first-order chi connectivity index (χ1) is 15.1. The molecule has 0 aliphatic carbocycles. The van der Waals surface area contributed by atoms with Crippen LogP contribution in [0.25, 0.3) is 0 Å². The number of likely N-dealkylation sites (tertiary alicyclic amines) is 1. The molecular weight excluding hydrogens is 454 g/mol. The highest BCUT2D eigenvalue weighted by Gasteiger charge is 2.33. The highest BCUT2D eigenvalue weighted by Crippen LogP contribution is 2.35. The van der Waals surface area contributed by atoms with Crippen LogP contribution < -0.4 is 9.47 Å². The number of benzene rings is 3. The second-order valence-electron chi connectivity index (χ2n) is 8.07. The van der Waals surface area contributed by atoms with Crippen molar-refractivity contribution in [1.82, 2.24) is 4.90 Å². The second-order valence-corrected chi connectivity index (χ2v) is 8.99. The molecule has 1 saturated heterocycles. The lowest BCUT2D eigenvalue weighted by Gasteiger charge is -2.38. The van der Waals surface area contributed by atoms with Crippen LogP contribution in [0.3, 0.4) is 0 Å². The summed E-state index contributed by atoms with van der Waals surface area (Å²) in [5.74, 6) is 1.50. The molecule has 4 nitrogen and oxygen atoms in total. The lowest BCUT2D eigenvalue weighted by atomic mass is 9.84. The van der Waals surface area contributed by atoms with E-state index in [9.17, 15) is 5.11 Å². The SMILES string of the molecule is COc1ccc(CN2CCC(O)(c3ccc(Br)cc3)CC2)cc1OCc1ccccc1. The summed E-state index contributed by atoms with van der Waals surface area (Å²) in [6.07, 6.45) is 1.45. The van der Waals surface area contributed by atoms with Crippen LogP contribution in [0.15, 0.2) is 77.3 Å². The number of aliphatic hydroxyl groups is 1. The maximum atomic E-state index is 11.1. The normalized spacial score (nSPS) is 16.1. The van der Waals surface area contributed by atoms with Gasteiger partial charge in [0.2, 0.25) is 0 Å². The Hall–Kier alpha value is -2.34. The Balaban J connectivity index is 1.38. The van der Waals surface area contributed by atoms with Gasteiger partial charge in [-0.05, 0) is 53.8 Å². The summed E-state index contributed by atoms with van der Waals surface area (Å²) < 4.78 is 12.6. The molecule has 5 heteroatoms. The standard InChI is InChI=1S/C26H28BrNO3/c1-30-24-12-7-21(17-25(24)31-19-20-5-3-2-4-6-20)18-28-15-13-26(29,14-16-28)22-8-10-23(27)11-9-22/h2-12,17,29H,13-16,18-19H2,1H3. The highest BCUT2D eigenvalue weighted by atomic mass is 79.9. The van der Waals surface area contributed by atoms with Crippen LogP contribution in [-0.2, 0) is 18.8 Å². The van der Waals surface area contributed by atoms with Crippen LogP contribution in [-0.4, -0.2) is 30.2 Å². The van der Waals surface area contributed by atoms with Gasteiger partial charge < -0.3 is 14.6 Å². The number of rotatable bonds is 7. The van der Waals surface area contributed by atoms with Crippen LogP contribution in [0.1, 0.15) is 29.5 Å². The van der Waals surface area contributed by atoms with E-state index in [1.807, 2.05) is 48.5 Å². The van der Waals surface area contributed by atoms with Gasteiger partial charge >= 0.3 is 0 Å². The topological polar surface area (TPSA) is 41.9 Å². The van der Waals surface area contributed by atoms with Crippen molar-refractivity contribution in [1.29, 1.82) is 0 Å². The average molecular weight is 482 g/mol. The van der Waals surface area contributed by atoms with E-state index in [4.69, 9.17) is 9.47 Å². The molecule has 162 valence electrons. The largest absolute Gasteiger partial charge is 0.493 e. The maximum Gasteiger partial charge on any atom is 0.161 e. The van der Waals surface area contributed by atoms with Gasteiger partial charge in [-0.3, -0.25) is 4.90 Å². The molecule has 1 aliphatic heterocycles. The minimum Gasteiger partial charge on any atom is -0.493 e. The Morgan fingerprint density at radius 3 is 2.29 bits per heavy atom. The predicted octanol–water partition coefficient (Wildman–Crippen LogP) is 5.52. The van der Waals surface area contributed by atoms with Crippen molar-refractivity contribution in [2.24, 2.45) is 0 Å². The summed E-state index contributed by atoms with van der Waals surface area (Å²) in [7, 11) is 1.66. The van der Waals surface area contributed by atoms with E-state index in [1.165, 1.54) is 5.56 Å². The third-order valence-corrected chi connectivity index (χ3v) is 6.46. The molecule has 3 aromatic carbocycles. The zero-order chi connectivity index (χ0) is 21.7. The fraction of sp³-hybridized carbons (Fsp3) is 0.308. The third kappa shape index (κ3) is 5.48. The first-order valence-corrected chi connectivity index (χ1v) is 11.4. The van der Waals surface area contributed by atoms with Crippen molar-refractivity contribution in [3.8, 4) is 11.5 Å². The van der Waals surface area contributed by atoms with Crippen LogP contribution in [0.5, 0.6) is 11.5 Å². The molecule has 1 fully saturated rings. The lowest BCUT2D eigenvalue weighted by Crippen LogP contribution is -2.42. The quantitative estimate of drug-likeness (QED) is 0.482. The molecular formula is C26H28BrNO3. The minimum absolute atomic E-state index is 0.505. The average Bonchev–Trinajstić information content (AvgIpc) is 2.80. The number of hydrogen-bond acceptors (Lipinski definition) is 4. The van der Waals surface area contributed by atoms with Gasteiger partial charge in [-0.1, -0.05) is 64.5 Å². The molecule has 0 spiro atoms. The molecule has 0 radical (unpaired) electrons. The van der Waals surface area contributed by atoms with Gasteiger partial charge in [-0.15, -0.1) is 0 Å². The van der Waals surface area contributed by atoms with E-state index in [2.05, 4.69) is 45.1 Å². The fourth-order valence-corrected chi connectivity index (χ4v) is 4.32. The molecule has 0 bridgehead atoms. The van der Waals surface area contributed by atoms with Crippen molar-refractivity contribution in [3.05, 3.63) is 94.0 Å². The van der Waals surface area contributed by atoms with E-state index < -0.39 is 5.60 Å². The second kappa shape index (κ2) is 9.86. The van der Waals surface area contributed by atoms with Gasteiger partial charge in [0.25, 0.3) is 0 Å². The molecule has 4 rings (SSSR count). The molecule has 1 N–H and O–H groups in total. The Labute approximate surface area is 192 Å². The summed E-state index contributed by atoms with van der Waals surface area (Å²) in [6, 6.07) is 24.3. The predicted molar refractivity (Wildman–Crippen MR) is 126 cm³/mol. The number of ether oxygens (including phenoxy) is 2. The number of piperidine rings is 1. The summed E-state index contributed by atoms with van der Waals surface area (Å²) in [6.45, 7) is 3.02. The molecule has 0 amide bonds. The Bertz CT molecular complexity index is 983. The Morgan fingerprint density at radius 1 is 0.903 bits per heavy atom. The Morgan fingerprint density at radius 2 is 1.61 bits per heavy atom. The van der Waals surface area contributed by atoms with E-state index in [0.717, 1.165) is 59.6 Å². The lowest BCUT2D eigenvalue weighted by molar-refractivity contribution is -0.0277. The summed E-state index contributed by atoms with van der Waals surface area (Å²) >= 11 is 3.46. The number of nitrogens with zero attached hydrogens (tertiary/aromatic N) is 1. The van der Waals surface area contributed by atoms with Gasteiger partial charge in [-0.2, -0.15) is 0 Å². The van der Waals surface area contributed by atoms with Gasteiger partial charge in [0.15, 0.2) is 11.5 Å². The first kappa shape index (κ1) is 21.9. The summed E-state index contributed by atoms with van der Waals surface area (Å²) in [5.41, 5.74) is 2.55. The van der Waals surface area contributed by atoms with Gasteiger partial charge in [0.1, 0.15) is 6.61 Å². The molecule has 0 atom stereocenters. The van der Waals surface area contributed by atoms with Gasteiger partial charge in [0, 0.05) is 24.1 Å².